The third-order valence-corrected chi connectivity index (χ3v) is 4.92. The molecule has 12 heteroatoms. The first-order chi connectivity index (χ1) is 16.9. The second-order valence-electron chi connectivity index (χ2n) is 7.25. The van der Waals surface area contributed by atoms with Gasteiger partial charge in [0.2, 0.25) is 11.7 Å². The number of halogens is 3. The number of benzene rings is 2. The number of nitriles is 1. The van der Waals surface area contributed by atoms with Gasteiger partial charge in [0.1, 0.15) is 29.9 Å². The van der Waals surface area contributed by atoms with Crippen LogP contribution in [0.1, 0.15) is 33.1 Å². The summed E-state index contributed by atoms with van der Waals surface area (Å²) < 4.78 is 49.2. The van der Waals surface area contributed by atoms with Crippen LogP contribution >= 0.6 is 0 Å². The predicted molar refractivity (Wildman–Crippen MR) is 116 cm³/mol. The van der Waals surface area contributed by atoms with Crippen molar-refractivity contribution in [2.45, 2.75) is 13.0 Å². The SMILES string of the molecule is N#Cc1ccc(COc2cccc(-c3cc(F)c(Cc4nc(C(=O)NN)n[nH]4)cc3F)n2)c(F)c1. The van der Waals surface area contributed by atoms with Crippen LogP contribution < -0.4 is 16.0 Å². The molecule has 2 aromatic heterocycles. The summed E-state index contributed by atoms with van der Waals surface area (Å²) in [6.45, 7) is -0.175. The lowest BCUT2D eigenvalue weighted by atomic mass is 10.0. The number of nitrogens with one attached hydrogen (secondary N) is 2. The maximum absolute atomic E-state index is 14.9. The van der Waals surface area contributed by atoms with E-state index in [9.17, 15) is 18.0 Å². The van der Waals surface area contributed by atoms with E-state index < -0.39 is 23.4 Å². The Bertz CT molecular complexity index is 1450. The first-order valence-electron chi connectivity index (χ1n) is 10.1. The normalized spacial score (nSPS) is 10.6. The molecular formula is C23H16F3N7O2. The Morgan fingerprint density at radius 3 is 2.60 bits per heavy atom. The number of carbonyl (C=O) groups excluding carboxylic acids is 1. The Balaban J connectivity index is 1.52. The van der Waals surface area contributed by atoms with Crippen molar-refractivity contribution < 1.29 is 22.7 Å². The number of hydrazine groups is 1. The largest absolute Gasteiger partial charge is 0.473 e. The predicted octanol–water partition coefficient (Wildman–Crippen LogP) is 2.93. The molecule has 9 nitrogen and oxygen atoms in total. The lowest BCUT2D eigenvalue weighted by molar-refractivity contribution is 0.0943. The summed E-state index contributed by atoms with van der Waals surface area (Å²) in [5, 5.41) is 14.9. The van der Waals surface area contributed by atoms with Crippen molar-refractivity contribution in [1.29, 1.82) is 5.26 Å². The van der Waals surface area contributed by atoms with E-state index in [2.05, 4.69) is 20.2 Å². The molecule has 0 aliphatic heterocycles. The summed E-state index contributed by atoms with van der Waals surface area (Å²) in [4.78, 5) is 19.5. The second kappa shape index (κ2) is 10.0. The van der Waals surface area contributed by atoms with E-state index in [1.165, 1.54) is 30.3 Å². The minimum Gasteiger partial charge on any atom is -0.473 e. The third kappa shape index (κ3) is 5.26. The number of rotatable bonds is 7. The molecular weight excluding hydrogens is 463 g/mol. The molecule has 0 atom stereocenters. The Morgan fingerprint density at radius 2 is 1.86 bits per heavy atom. The molecule has 2 heterocycles. The van der Waals surface area contributed by atoms with Gasteiger partial charge in [-0.25, -0.2) is 29.0 Å². The monoisotopic (exact) mass is 479 g/mol. The number of ether oxygens (including phenoxy) is 1. The number of amides is 1. The van der Waals surface area contributed by atoms with Gasteiger partial charge in [-0.05, 0) is 35.9 Å². The van der Waals surface area contributed by atoms with Gasteiger partial charge in [-0.2, -0.15) is 5.26 Å². The highest BCUT2D eigenvalue weighted by Gasteiger charge is 2.17. The van der Waals surface area contributed by atoms with Crippen molar-refractivity contribution >= 4 is 5.91 Å². The molecule has 176 valence electrons. The van der Waals surface area contributed by atoms with Gasteiger partial charge in [-0.1, -0.05) is 12.1 Å². The van der Waals surface area contributed by atoms with Gasteiger partial charge >= 0.3 is 5.91 Å². The van der Waals surface area contributed by atoms with E-state index in [1.54, 1.807) is 0 Å². The number of nitrogens with zero attached hydrogens (tertiary/aromatic N) is 4. The lowest BCUT2D eigenvalue weighted by Crippen LogP contribution is -2.30. The molecule has 0 unspecified atom stereocenters. The van der Waals surface area contributed by atoms with Crippen molar-refractivity contribution in [1.82, 2.24) is 25.6 Å². The highest BCUT2D eigenvalue weighted by molar-refractivity contribution is 5.89. The molecule has 4 rings (SSSR count). The van der Waals surface area contributed by atoms with Crippen LogP contribution in [0.3, 0.4) is 0 Å². The standard InChI is InChI=1S/C23H16F3N7O2/c24-16-6-12(10-27)4-5-13(16)11-35-21-3-1-2-19(29-21)15-9-17(25)14(7-18(15)26)8-20-30-22(33-32-20)23(34)31-28/h1-7,9H,8,11,28H2,(H,31,34)(H,30,32,33). The summed E-state index contributed by atoms with van der Waals surface area (Å²) in [7, 11) is 0. The molecule has 4 N–H and O–H groups in total. The summed E-state index contributed by atoms with van der Waals surface area (Å²) in [6.07, 6.45) is -0.152. The minimum atomic E-state index is -0.747. The number of carbonyl (C=O) groups is 1. The van der Waals surface area contributed by atoms with Gasteiger partial charge in [0, 0.05) is 23.6 Å². The number of hydrogen-bond donors (Lipinski definition) is 3. The number of nitrogens with two attached hydrogens (primary N) is 1. The van der Waals surface area contributed by atoms with Gasteiger partial charge in [0.15, 0.2) is 0 Å². The summed E-state index contributed by atoms with van der Waals surface area (Å²) >= 11 is 0. The Labute approximate surface area is 196 Å². The molecule has 4 aromatic rings. The highest BCUT2D eigenvalue weighted by Crippen LogP contribution is 2.27. The lowest BCUT2D eigenvalue weighted by Gasteiger charge is -2.10. The molecule has 0 bridgehead atoms. The third-order valence-electron chi connectivity index (χ3n) is 4.92. The van der Waals surface area contributed by atoms with Gasteiger partial charge < -0.3 is 4.74 Å². The zero-order valence-electron chi connectivity index (χ0n) is 17.8. The van der Waals surface area contributed by atoms with E-state index in [-0.39, 0.29) is 58.5 Å². The van der Waals surface area contributed by atoms with Crippen LogP contribution in [0.4, 0.5) is 13.2 Å². The van der Waals surface area contributed by atoms with E-state index in [0.717, 1.165) is 18.2 Å². The van der Waals surface area contributed by atoms with E-state index >= 15 is 0 Å². The van der Waals surface area contributed by atoms with E-state index in [4.69, 9.17) is 15.8 Å². The van der Waals surface area contributed by atoms with Crippen molar-refractivity contribution in [2.75, 3.05) is 0 Å². The second-order valence-corrected chi connectivity index (χ2v) is 7.25. The molecule has 1 amide bonds. The quantitative estimate of drug-likeness (QED) is 0.210. The summed E-state index contributed by atoms with van der Waals surface area (Å²) in [5.41, 5.74) is 2.23. The highest BCUT2D eigenvalue weighted by atomic mass is 19.1. The van der Waals surface area contributed by atoms with Crippen molar-refractivity contribution in [3.8, 4) is 23.2 Å². The number of nitrogen functional groups attached to an aromatic ring is 1. The number of H-pyrrole nitrogens is 1. The molecule has 0 saturated heterocycles. The smallest absolute Gasteiger partial charge is 0.304 e. The number of pyridine rings is 1. The Hall–Kier alpha value is -4.76. The Morgan fingerprint density at radius 1 is 1.06 bits per heavy atom. The van der Waals surface area contributed by atoms with Crippen LogP contribution in [-0.4, -0.2) is 26.1 Å². The molecule has 0 aliphatic carbocycles. The van der Waals surface area contributed by atoms with Crippen LogP contribution in [-0.2, 0) is 13.0 Å². The summed E-state index contributed by atoms with van der Waals surface area (Å²) in [6, 6.07) is 12.3. The Kier molecular flexibility index (Phi) is 6.70. The minimum absolute atomic E-state index is 0.0224. The van der Waals surface area contributed by atoms with E-state index in [1.807, 2.05) is 11.5 Å². The fourth-order valence-electron chi connectivity index (χ4n) is 3.17. The molecule has 0 spiro atoms. The molecule has 35 heavy (non-hydrogen) atoms. The van der Waals surface area contributed by atoms with Crippen LogP contribution in [0.5, 0.6) is 5.88 Å². The molecule has 2 aromatic carbocycles. The fraction of sp³-hybridized carbons (Fsp3) is 0.0870. The maximum atomic E-state index is 14.9. The maximum Gasteiger partial charge on any atom is 0.304 e. The first-order valence-corrected chi connectivity index (χ1v) is 10.1. The summed E-state index contributed by atoms with van der Waals surface area (Å²) in [5.74, 6) is 2.18. The van der Waals surface area contributed by atoms with Crippen LogP contribution in [0.25, 0.3) is 11.3 Å². The van der Waals surface area contributed by atoms with Gasteiger partial charge in [0.05, 0.1) is 17.3 Å². The molecule has 0 radical (unpaired) electrons. The zero-order chi connectivity index (χ0) is 24.9. The number of hydrogen-bond acceptors (Lipinski definition) is 7. The van der Waals surface area contributed by atoms with Crippen LogP contribution in [0.2, 0.25) is 0 Å². The average Bonchev–Trinajstić information content (AvgIpc) is 3.33. The van der Waals surface area contributed by atoms with E-state index in [0.29, 0.717) is 0 Å². The number of aromatic nitrogens is 4. The average molecular weight is 479 g/mol. The van der Waals surface area contributed by atoms with Gasteiger partial charge in [-0.3, -0.25) is 15.3 Å². The molecule has 0 saturated carbocycles. The van der Waals surface area contributed by atoms with Crippen molar-refractivity contribution in [3.63, 3.8) is 0 Å². The zero-order valence-corrected chi connectivity index (χ0v) is 17.8. The molecule has 0 fully saturated rings. The van der Waals surface area contributed by atoms with Crippen LogP contribution in [0, 0.1) is 28.8 Å². The fourth-order valence-corrected chi connectivity index (χ4v) is 3.17. The van der Waals surface area contributed by atoms with Gasteiger partial charge in [0.25, 0.3) is 0 Å². The van der Waals surface area contributed by atoms with Crippen LogP contribution in [0.15, 0.2) is 48.5 Å². The molecule has 0 aliphatic rings. The van der Waals surface area contributed by atoms with Crippen molar-refractivity contribution in [2.24, 2.45) is 5.84 Å². The topological polar surface area (TPSA) is 143 Å². The van der Waals surface area contributed by atoms with Crippen molar-refractivity contribution in [3.05, 3.63) is 94.3 Å². The first kappa shape index (κ1) is 23.4. The van der Waals surface area contributed by atoms with Gasteiger partial charge in [-0.15, -0.1) is 5.10 Å². The number of aromatic amines is 1.